The van der Waals surface area contributed by atoms with Crippen LogP contribution < -0.4 is 16.2 Å². The first-order valence-corrected chi connectivity index (χ1v) is 6.82. The fourth-order valence-electron chi connectivity index (χ4n) is 1.75. The van der Waals surface area contributed by atoms with Crippen molar-refractivity contribution < 1.29 is 23.0 Å². The summed E-state index contributed by atoms with van der Waals surface area (Å²) >= 11 is 1.61. The summed E-state index contributed by atoms with van der Waals surface area (Å²) in [5.41, 5.74) is 10.4. The van der Waals surface area contributed by atoms with Crippen LogP contribution in [0.25, 0.3) is 11.3 Å². The molecule has 11 heteroatoms. The molecule has 0 amide bonds. The van der Waals surface area contributed by atoms with Gasteiger partial charge in [-0.2, -0.15) is 10.2 Å². The number of aromatic nitrogens is 2. The molecule has 0 atom stereocenters. The van der Waals surface area contributed by atoms with Gasteiger partial charge in [0.05, 0.1) is 9.26 Å². The van der Waals surface area contributed by atoms with E-state index >= 15 is 0 Å². The molecule has 0 radical (unpaired) electrons. The molecule has 1 aromatic heterocycles. The standard InChI is InChI=1S/C12H7F3IN5O2/c13-12(14,15)23-4-1-5(9(22)7(16)2-4)8-6(3-17)10(18)21-11(19)20-8/h1-2,22H,(H4,18,19,20,21). The number of nitrogens with two attached hydrogens (primary N) is 2. The third kappa shape index (κ3) is 3.65. The van der Waals surface area contributed by atoms with Crippen LogP contribution in [0.2, 0.25) is 0 Å². The van der Waals surface area contributed by atoms with Gasteiger partial charge >= 0.3 is 6.36 Å². The lowest BCUT2D eigenvalue weighted by Gasteiger charge is -2.13. The second-order valence-electron chi connectivity index (χ2n) is 4.15. The SMILES string of the molecule is N#Cc1c(N)nc(N)nc1-c1cc(OC(F)(F)F)cc(I)c1O. The van der Waals surface area contributed by atoms with E-state index in [1.165, 1.54) is 0 Å². The molecule has 2 aromatic rings. The predicted octanol–water partition coefficient (Wildman–Crippen LogP) is 2.39. The number of benzene rings is 1. The molecular weight excluding hydrogens is 430 g/mol. The Morgan fingerprint density at radius 3 is 2.48 bits per heavy atom. The van der Waals surface area contributed by atoms with Crippen LogP contribution in [-0.2, 0) is 0 Å². The largest absolute Gasteiger partial charge is 0.573 e. The summed E-state index contributed by atoms with van der Waals surface area (Å²) in [5.74, 6) is -1.54. The summed E-state index contributed by atoms with van der Waals surface area (Å²) in [4.78, 5) is 7.37. The third-order valence-corrected chi connectivity index (χ3v) is 3.41. The van der Waals surface area contributed by atoms with Gasteiger partial charge in [0, 0.05) is 5.56 Å². The van der Waals surface area contributed by atoms with Crippen molar-refractivity contribution in [3.8, 4) is 28.8 Å². The Hall–Kier alpha value is -2.49. The Bertz CT molecular complexity index is 820. The number of nitrogens with zero attached hydrogens (tertiary/aromatic N) is 3. The zero-order valence-electron chi connectivity index (χ0n) is 11.0. The quantitative estimate of drug-likeness (QED) is 0.615. The molecule has 0 aliphatic rings. The van der Waals surface area contributed by atoms with E-state index in [2.05, 4.69) is 14.7 Å². The molecule has 5 N–H and O–H groups in total. The van der Waals surface area contributed by atoms with Gasteiger partial charge in [-0.1, -0.05) is 0 Å². The van der Waals surface area contributed by atoms with Gasteiger partial charge < -0.3 is 21.3 Å². The summed E-state index contributed by atoms with van der Waals surface area (Å²) < 4.78 is 41.0. The van der Waals surface area contributed by atoms with E-state index in [1.807, 2.05) is 0 Å². The second kappa shape index (κ2) is 5.95. The Balaban J connectivity index is 2.71. The number of anilines is 2. The monoisotopic (exact) mass is 437 g/mol. The fourth-order valence-corrected chi connectivity index (χ4v) is 2.35. The molecule has 0 bridgehead atoms. The van der Waals surface area contributed by atoms with Crippen molar-refractivity contribution in [2.24, 2.45) is 0 Å². The van der Waals surface area contributed by atoms with Crippen molar-refractivity contribution in [2.45, 2.75) is 6.36 Å². The summed E-state index contributed by atoms with van der Waals surface area (Å²) in [7, 11) is 0. The highest BCUT2D eigenvalue weighted by molar-refractivity contribution is 14.1. The minimum Gasteiger partial charge on any atom is -0.506 e. The molecule has 0 aliphatic carbocycles. The number of rotatable bonds is 2. The third-order valence-electron chi connectivity index (χ3n) is 2.59. The molecular formula is C12H7F3IN5O2. The Kier molecular flexibility index (Phi) is 4.37. The van der Waals surface area contributed by atoms with E-state index in [-0.39, 0.29) is 32.2 Å². The summed E-state index contributed by atoms with van der Waals surface area (Å²) in [6.45, 7) is 0. The number of alkyl halides is 3. The molecule has 0 aliphatic heterocycles. The molecule has 0 saturated carbocycles. The van der Waals surface area contributed by atoms with Crippen LogP contribution in [0.15, 0.2) is 12.1 Å². The highest BCUT2D eigenvalue weighted by Gasteiger charge is 2.32. The topological polar surface area (TPSA) is 131 Å². The van der Waals surface area contributed by atoms with E-state index < -0.39 is 17.9 Å². The average Bonchev–Trinajstić information content (AvgIpc) is 2.40. The predicted molar refractivity (Wildman–Crippen MR) is 82.1 cm³/mol. The summed E-state index contributed by atoms with van der Waals surface area (Å²) in [5, 5.41) is 19.2. The number of aromatic hydroxyl groups is 1. The molecule has 0 unspecified atom stereocenters. The molecule has 1 heterocycles. The average molecular weight is 437 g/mol. The summed E-state index contributed by atoms with van der Waals surface area (Å²) in [6.07, 6.45) is -4.92. The number of hydrogen-bond donors (Lipinski definition) is 3. The highest BCUT2D eigenvalue weighted by atomic mass is 127. The van der Waals surface area contributed by atoms with Crippen LogP contribution in [0, 0.1) is 14.9 Å². The van der Waals surface area contributed by atoms with Gasteiger partial charge in [-0.25, -0.2) is 4.98 Å². The number of phenolic OH excluding ortho intramolecular Hbond substituents is 1. The molecule has 2 rings (SSSR count). The number of nitrogen functional groups attached to an aromatic ring is 2. The smallest absolute Gasteiger partial charge is 0.506 e. The van der Waals surface area contributed by atoms with E-state index in [4.69, 9.17) is 16.7 Å². The first-order chi connectivity index (χ1) is 10.6. The maximum Gasteiger partial charge on any atom is 0.573 e. The highest BCUT2D eigenvalue weighted by Crippen LogP contribution is 2.39. The molecule has 120 valence electrons. The minimum atomic E-state index is -4.92. The number of phenols is 1. The van der Waals surface area contributed by atoms with Gasteiger partial charge in [0.25, 0.3) is 0 Å². The van der Waals surface area contributed by atoms with Gasteiger partial charge in [0.2, 0.25) is 5.95 Å². The zero-order valence-corrected chi connectivity index (χ0v) is 13.2. The first kappa shape index (κ1) is 16.9. The number of nitriles is 1. The van der Waals surface area contributed by atoms with Gasteiger partial charge in [-0.15, -0.1) is 13.2 Å². The maximum atomic E-state index is 12.4. The normalized spacial score (nSPS) is 11.1. The fraction of sp³-hybridized carbons (Fsp3) is 0.0833. The zero-order chi connectivity index (χ0) is 17.4. The van der Waals surface area contributed by atoms with Crippen LogP contribution >= 0.6 is 22.6 Å². The Morgan fingerprint density at radius 2 is 1.91 bits per heavy atom. The molecule has 23 heavy (non-hydrogen) atoms. The molecule has 0 fully saturated rings. The Labute approximate surface area is 140 Å². The minimum absolute atomic E-state index is 0.0546. The van der Waals surface area contributed by atoms with Crippen molar-refractivity contribution in [3.63, 3.8) is 0 Å². The van der Waals surface area contributed by atoms with Crippen molar-refractivity contribution in [1.29, 1.82) is 5.26 Å². The van der Waals surface area contributed by atoms with Gasteiger partial charge in [-0.05, 0) is 34.7 Å². The van der Waals surface area contributed by atoms with E-state index in [0.717, 1.165) is 12.1 Å². The molecule has 7 nitrogen and oxygen atoms in total. The molecule has 0 spiro atoms. The van der Waals surface area contributed by atoms with E-state index in [9.17, 15) is 18.3 Å². The van der Waals surface area contributed by atoms with Crippen LogP contribution in [0.5, 0.6) is 11.5 Å². The lowest BCUT2D eigenvalue weighted by Crippen LogP contribution is -2.17. The van der Waals surface area contributed by atoms with Crippen LogP contribution in [0.4, 0.5) is 24.9 Å². The van der Waals surface area contributed by atoms with Crippen molar-refractivity contribution in [3.05, 3.63) is 21.3 Å². The van der Waals surface area contributed by atoms with Crippen LogP contribution in [-0.4, -0.2) is 21.4 Å². The molecule has 1 aromatic carbocycles. The lowest BCUT2D eigenvalue weighted by molar-refractivity contribution is -0.274. The number of ether oxygens (including phenoxy) is 1. The van der Waals surface area contributed by atoms with Crippen molar-refractivity contribution in [1.82, 2.24) is 9.97 Å². The van der Waals surface area contributed by atoms with Crippen molar-refractivity contribution >= 4 is 34.4 Å². The number of halogens is 4. The van der Waals surface area contributed by atoms with Gasteiger partial charge in [0.1, 0.15) is 28.9 Å². The lowest BCUT2D eigenvalue weighted by atomic mass is 10.1. The van der Waals surface area contributed by atoms with E-state index in [0.29, 0.717) is 0 Å². The first-order valence-electron chi connectivity index (χ1n) is 5.74. The van der Waals surface area contributed by atoms with Crippen LogP contribution in [0.3, 0.4) is 0 Å². The van der Waals surface area contributed by atoms with Gasteiger partial charge in [0.15, 0.2) is 0 Å². The summed E-state index contributed by atoms with van der Waals surface area (Å²) in [6, 6.07) is 3.58. The van der Waals surface area contributed by atoms with Gasteiger partial charge in [-0.3, -0.25) is 0 Å². The van der Waals surface area contributed by atoms with Crippen LogP contribution in [0.1, 0.15) is 5.56 Å². The second-order valence-corrected chi connectivity index (χ2v) is 5.31. The maximum absolute atomic E-state index is 12.4. The molecule has 0 saturated heterocycles. The van der Waals surface area contributed by atoms with E-state index in [1.54, 1.807) is 28.7 Å². The Morgan fingerprint density at radius 1 is 1.26 bits per heavy atom. The number of hydrogen-bond acceptors (Lipinski definition) is 7. The van der Waals surface area contributed by atoms with Crippen molar-refractivity contribution in [2.75, 3.05) is 11.5 Å².